The van der Waals surface area contributed by atoms with Crippen LogP contribution < -0.4 is 5.32 Å². The number of benzene rings is 3. The first-order valence-corrected chi connectivity index (χ1v) is 12.6. The number of ether oxygens (including phenoxy) is 2. The second-order valence-corrected chi connectivity index (χ2v) is 9.48. The summed E-state index contributed by atoms with van der Waals surface area (Å²) < 4.78 is 29.0. The van der Waals surface area contributed by atoms with Crippen LogP contribution in [0.2, 0.25) is 5.02 Å². The Balaban J connectivity index is 1.49. The zero-order chi connectivity index (χ0) is 26.5. The van der Waals surface area contributed by atoms with Gasteiger partial charge in [-0.3, -0.25) is 10.1 Å². The molecule has 3 aromatic carbocycles. The summed E-state index contributed by atoms with van der Waals surface area (Å²) in [4.78, 5) is 24.9. The van der Waals surface area contributed by atoms with Crippen molar-refractivity contribution in [2.45, 2.75) is 26.4 Å². The van der Waals surface area contributed by atoms with Crippen LogP contribution in [0.3, 0.4) is 0 Å². The fraction of sp³-hybridized carbons (Fsp3) is 0.179. The molecule has 0 saturated heterocycles. The van der Waals surface area contributed by atoms with E-state index in [0.29, 0.717) is 27.5 Å². The van der Waals surface area contributed by atoms with Crippen molar-refractivity contribution in [1.29, 1.82) is 0 Å². The van der Waals surface area contributed by atoms with Gasteiger partial charge < -0.3 is 9.47 Å². The number of nitrogens with zero attached hydrogens (tertiary/aromatic N) is 1. The molecule has 0 bridgehead atoms. The molecule has 1 atom stereocenters. The van der Waals surface area contributed by atoms with Gasteiger partial charge in [0.25, 0.3) is 0 Å². The molecule has 1 heterocycles. The Morgan fingerprint density at radius 1 is 1.05 bits per heavy atom. The van der Waals surface area contributed by atoms with E-state index in [9.17, 15) is 14.0 Å². The van der Waals surface area contributed by atoms with Crippen LogP contribution in [0.1, 0.15) is 29.8 Å². The topological polar surface area (TPSA) is 77.5 Å². The number of hydrogen-bond acceptors (Lipinski definition) is 6. The smallest absolute Gasteiger partial charge is 0.412 e. The minimum atomic E-state index is -0.615. The zero-order valence-corrected chi connectivity index (χ0v) is 22.0. The molecule has 0 fully saturated rings. The predicted molar refractivity (Wildman–Crippen MR) is 143 cm³/mol. The maximum atomic E-state index is 14.5. The SMILES string of the molecule is COC(=O)Cc1ccc(-c2ccc(-c3snc(C)c3NC(=O)OC(C)c3ccccc3Cl)cc2)cc1F. The third-order valence-corrected chi connectivity index (χ3v) is 7.14. The molecule has 4 rings (SSSR count). The Kier molecular flexibility index (Phi) is 8.21. The van der Waals surface area contributed by atoms with Crippen molar-refractivity contribution in [3.63, 3.8) is 0 Å². The summed E-state index contributed by atoms with van der Waals surface area (Å²) in [5.41, 5.74) is 4.53. The summed E-state index contributed by atoms with van der Waals surface area (Å²) in [6.07, 6.45) is -1.28. The molecule has 190 valence electrons. The van der Waals surface area contributed by atoms with Gasteiger partial charge >= 0.3 is 12.1 Å². The van der Waals surface area contributed by atoms with E-state index in [-0.39, 0.29) is 12.0 Å². The molecule has 1 unspecified atom stereocenters. The number of nitrogens with one attached hydrogen (secondary N) is 1. The first-order valence-electron chi connectivity index (χ1n) is 11.4. The average molecular weight is 539 g/mol. The molecular formula is C28H24ClFN2O4S. The monoisotopic (exact) mass is 538 g/mol. The van der Waals surface area contributed by atoms with E-state index in [1.165, 1.54) is 24.7 Å². The standard InChI is InChI=1S/C28H24ClFN2O4S/c1-16-26(31-28(34)36-17(2)22-6-4-5-7-23(22)29)27(37-32-16)19-10-8-18(9-11-19)20-12-13-21(24(30)14-20)15-25(33)35-3/h4-14,17H,15H2,1-3H3,(H,31,34). The molecule has 6 nitrogen and oxygen atoms in total. The summed E-state index contributed by atoms with van der Waals surface area (Å²) in [7, 11) is 1.27. The van der Waals surface area contributed by atoms with Gasteiger partial charge in [-0.05, 0) is 59.8 Å². The van der Waals surface area contributed by atoms with Crippen LogP contribution in [-0.2, 0) is 20.7 Å². The van der Waals surface area contributed by atoms with Gasteiger partial charge in [-0.15, -0.1) is 0 Å². The molecule has 37 heavy (non-hydrogen) atoms. The molecule has 1 aromatic heterocycles. The number of carbonyl (C=O) groups is 2. The summed E-state index contributed by atoms with van der Waals surface area (Å²) in [6.45, 7) is 3.56. The molecule has 1 N–H and O–H groups in total. The number of halogens is 2. The normalized spacial score (nSPS) is 11.6. The predicted octanol–water partition coefficient (Wildman–Crippen LogP) is 7.60. The largest absolute Gasteiger partial charge is 0.469 e. The van der Waals surface area contributed by atoms with Crippen LogP contribution in [0.4, 0.5) is 14.9 Å². The minimum Gasteiger partial charge on any atom is -0.469 e. The van der Waals surface area contributed by atoms with Crippen LogP contribution in [0.15, 0.2) is 66.7 Å². The number of aromatic nitrogens is 1. The summed E-state index contributed by atoms with van der Waals surface area (Å²) in [5.74, 6) is -0.969. The van der Waals surface area contributed by atoms with Crippen LogP contribution in [0.25, 0.3) is 21.6 Å². The van der Waals surface area contributed by atoms with Crippen LogP contribution >= 0.6 is 23.1 Å². The van der Waals surface area contributed by atoms with E-state index < -0.39 is 24.0 Å². The van der Waals surface area contributed by atoms with Gasteiger partial charge in [-0.1, -0.05) is 66.2 Å². The molecule has 0 aliphatic carbocycles. The average Bonchev–Trinajstić information content (AvgIpc) is 3.25. The number of esters is 1. The van der Waals surface area contributed by atoms with Crippen LogP contribution in [-0.4, -0.2) is 23.5 Å². The Morgan fingerprint density at radius 2 is 1.73 bits per heavy atom. The Bertz CT molecular complexity index is 1440. The molecule has 0 saturated carbocycles. The Morgan fingerprint density at radius 3 is 2.41 bits per heavy atom. The molecule has 1 amide bonds. The van der Waals surface area contributed by atoms with E-state index in [0.717, 1.165) is 16.0 Å². The second-order valence-electron chi connectivity index (χ2n) is 8.30. The summed E-state index contributed by atoms with van der Waals surface area (Å²) in [6, 6.07) is 19.4. The lowest BCUT2D eigenvalue weighted by Crippen LogP contribution is -2.16. The lowest BCUT2D eigenvalue weighted by atomic mass is 10.0. The van der Waals surface area contributed by atoms with E-state index in [2.05, 4.69) is 14.4 Å². The van der Waals surface area contributed by atoms with Gasteiger partial charge in [0.15, 0.2) is 0 Å². The van der Waals surface area contributed by atoms with E-state index >= 15 is 0 Å². The van der Waals surface area contributed by atoms with Crippen LogP contribution in [0.5, 0.6) is 0 Å². The Labute approximate surface area is 223 Å². The van der Waals surface area contributed by atoms with Gasteiger partial charge in [0, 0.05) is 10.6 Å². The first kappa shape index (κ1) is 26.3. The van der Waals surface area contributed by atoms with Gasteiger partial charge in [0.1, 0.15) is 11.9 Å². The summed E-state index contributed by atoms with van der Waals surface area (Å²) >= 11 is 7.47. The maximum absolute atomic E-state index is 14.5. The minimum absolute atomic E-state index is 0.123. The number of carbonyl (C=O) groups excluding carboxylic acids is 2. The highest BCUT2D eigenvalue weighted by Gasteiger charge is 2.19. The van der Waals surface area contributed by atoms with E-state index in [1.54, 1.807) is 32.0 Å². The fourth-order valence-electron chi connectivity index (χ4n) is 3.79. The molecule has 0 aliphatic heterocycles. The summed E-state index contributed by atoms with van der Waals surface area (Å²) in [5, 5.41) is 3.34. The van der Waals surface area contributed by atoms with Gasteiger partial charge in [0.05, 0.1) is 29.8 Å². The van der Waals surface area contributed by atoms with Crippen molar-refractivity contribution in [1.82, 2.24) is 4.37 Å². The lowest BCUT2D eigenvalue weighted by molar-refractivity contribution is -0.139. The van der Waals surface area contributed by atoms with Crippen molar-refractivity contribution >= 4 is 40.9 Å². The van der Waals surface area contributed by atoms with Crippen molar-refractivity contribution in [2.75, 3.05) is 12.4 Å². The number of rotatable bonds is 7. The highest BCUT2D eigenvalue weighted by Crippen LogP contribution is 2.36. The molecule has 0 spiro atoms. The van der Waals surface area contributed by atoms with Gasteiger partial charge in [-0.25, -0.2) is 9.18 Å². The van der Waals surface area contributed by atoms with E-state index in [1.807, 2.05) is 42.5 Å². The fourth-order valence-corrected chi connectivity index (χ4v) is 4.93. The van der Waals surface area contributed by atoms with Crippen molar-refractivity contribution in [2.24, 2.45) is 0 Å². The number of hydrogen-bond donors (Lipinski definition) is 1. The van der Waals surface area contributed by atoms with Gasteiger partial charge in [0.2, 0.25) is 0 Å². The maximum Gasteiger partial charge on any atom is 0.412 e. The van der Waals surface area contributed by atoms with E-state index in [4.69, 9.17) is 16.3 Å². The number of anilines is 1. The molecular weight excluding hydrogens is 515 g/mol. The highest BCUT2D eigenvalue weighted by molar-refractivity contribution is 7.10. The Hall–Kier alpha value is -3.75. The van der Waals surface area contributed by atoms with Crippen LogP contribution in [0, 0.1) is 12.7 Å². The van der Waals surface area contributed by atoms with Crippen molar-refractivity contribution in [3.05, 3.63) is 94.4 Å². The van der Waals surface area contributed by atoms with Crippen molar-refractivity contribution in [3.8, 4) is 21.6 Å². The van der Waals surface area contributed by atoms with Crippen molar-refractivity contribution < 1.29 is 23.5 Å². The number of methoxy groups -OCH3 is 1. The lowest BCUT2D eigenvalue weighted by Gasteiger charge is -2.16. The zero-order valence-electron chi connectivity index (χ0n) is 20.4. The van der Waals surface area contributed by atoms with Gasteiger partial charge in [-0.2, -0.15) is 4.37 Å². The number of aryl methyl sites for hydroxylation is 1. The quantitative estimate of drug-likeness (QED) is 0.245. The molecule has 9 heteroatoms. The number of amides is 1. The third kappa shape index (κ3) is 6.15. The second kappa shape index (κ2) is 11.5. The molecule has 4 aromatic rings. The molecule has 0 aliphatic rings. The first-order chi connectivity index (χ1) is 17.8. The molecule has 0 radical (unpaired) electrons. The highest BCUT2D eigenvalue weighted by atomic mass is 35.5. The third-order valence-electron chi connectivity index (χ3n) is 5.81.